The van der Waals surface area contributed by atoms with Crippen molar-refractivity contribution in [3.05, 3.63) is 29.6 Å². The number of amides is 3. The number of halogens is 1. The number of nitrogens with zero attached hydrogens (tertiary/aromatic N) is 2. The van der Waals surface area contributed by atoms with Crippen molar-refractivity contribution in [2.24, 2.45) is 0 Å². The highest BCUT2D eigenvalue weighted by atomic mass is 19.1. The Balaban J connectivity index is 1.75. The molecule has 1 aliphatic rings. The van der Waals surface area contributed by atoms with Crippen molar-refractivity contribution >= 4 is 11.9 Å². The Morgan fingerprint density at radius 1 is 1.33 bits per heavy atom. The lowest BCUT2D eigenvalue weighted by Gasteiger charge is -2.19. The van der Waals surface area contributed by atoms with Crippen LogP contribution >= 0.6 is 0 Å². The number of urea groups is 1. The molecule has 1 aromatic carbocycles. The minimum Gasteiger partial charge on any atom is -0.494 e. The minimum absolute atomic E-state index is 0.0766. The monoisotopic (exact) mass is 337 g/mol. The average Bonchev–Trinajstić information content (AvgIpc) is 3.09. The molecule has 2 rings (SSSR count). The highest BCUT2D eigenvalue weighted by Crippen LogP contribution is 2.18. The molecule has 132 valence electrons. The van der Waals surface area contributed by atoms with Crippen molar-refractivity contribution in [3.63, 3.8) is 0 Å². The second-order valence-electron chi connectivity index (χ2n) is 5.89. The molecule has 1 saturated heterocycles. The average molecular weight is 337 g/mol. The van der Waals surface area contributed by atoms with Gasteiger partial charge in [0.15, 0.2) is 11.6 Å². The van der Waals surface area contributed by atoms with E-state index < -0.39 is 5.82 Å². The third-order valence-electron chi connectivity index (χ3n) is 4.06. The van der Waals surface area contributed by atoms with Gasteiger partial charge in [-0.15, -0.1) is 0 Å². The number of rotatable bonds is 6. The Labute approximate surface area is 141 Å². The number of ether oxygens (including phenoxy) is 1. The molecule has 0 spiro atoms. The fourth-order valence-corrected chi connectivity index (χ4v) is 2.69. The van der Waals surface area contributed by atoms with Gasteiger partial charge in [-0.3, -0.25) is 4.79 Å². The van der Waals surface area contributed by atoms with E-state index in [1.165, 1.54) is 24.1 Å². The lowest BCUT2D eigenvalue weighted by atomic mass is 10.2. The van der Waals surface area contributed by atoms with Gasteiger partial charge in [0.05, 0.1) is 7.11 Å². The van der Waals surface area contributed by atoms with Crippen LogP contribution in [0.1, 0.15) is 24.8 Å². The molecule has 0 radical (unpaired) electrons. The van der Waals surface area contributed by atoms with E-state index in [9.17, 15) is 14.0 Å². The molecular weight excluding hydrogens is 313 g/mol. The number of benzene rings is 1. The van der Waals surface area contributed by atoms with Gasteiger partial charge < -0.3 is 19.9 Å². The van der Waals surface area contributed by atoms with E-state index in [4.69, 9.17) is 4.74 Å². The number of likely N-dealkylation sites (tertiary alicyclic amines) is 1. The molecule has 1 aliphatic heterocycles. The lowest BCUT2D eigenvalue weighted by Crippen LogP contribution is -2.39. The van der Waals surface area contributed by atoms with Crippen molar-refractivity contribution in [2.45, 2.75) is 25.8 Å². The fraction of sp³-hybridized carbons (Fsp3) is 0.529. The van der Waals surface area contributed by atoms with Gasteiger partial charge >= 0.3 is 6.03 Å². The van der Waals surface area contributed by atoms with Crippen LogP contribution in [0.3, 0.4) is 0 Å². The first-order chi connectivity index (χ1) is 11.5. The zero-order valence-electron chi connectivity index (χ0n) is 14.2. The number of methoxy groups -OCH3 is 1. The van der Waals surface area contributed by atoms with Gasteiger partial charge in [-0.05, 0) is 30.5 Å². The van der Waals surface area contributed by atoms with E-state index in [0.29, 0.717) is 18.5 Å². The molecule has 3 amide bonds. The van der Waals surface area contributed by atoms with Gasteiger partial charge in [-0.2, -0.15) is 0 Å². The van der Waals surface area contributed by atoms with E-state index in [2.05, 4.69) is 5.32 Å². The summed E-state index contributed by atoms with van der Waals surface area (Å²) >= 11 is 0. The molecule has 24 heavy (non-hydrogen) atoms. The van der Waals surface area contributed by atoms with Crippen LogP contribution in [0.4, 0.5) is 9.18 Å². The molecule has 1 fully saturated rings. The number of nitrogens with one attached hydrogen (secondary N) is 1. The Hall–Kier alpha value is -2.31. The number of hydrogen-bond donors (Lipinski definition) is 1. The first-order valence-corrected chi connectivity index (χ1v) is 8.10. The van der Waals surface area contributed by atoms with Crippen LogP contribution < -0.4 is 10.1 Å². The van der Waals surface area contributed by atoms with E-state index >= 15 is 0 Å². The molecule has 0 bridgehead atoms. The maximum absolute atomic E-state index is 13.7. The normalized spacial score (nSPS) is 13.7. The maximum Gasteiger partial charge on any atom is 0.317 e. The third kappa shape index (κ3) is 4.84. The van der Waals surface area contributed by atoms with Gasteiger partial charge in [0.25, 0.3) is 0 Å². The molecule has 7 heteroatoms. The molecule has 6 nitrogen and oxygen atoms in total. The van der Waals surface area contributed by atoms with Crippen LogP contribution in [0.15, 0.2) is 18.2 Å². The van der Waals surface area contributed by atoms with Crippen LogP contribution in [0.2, 0.25) is 0 Å². The summed E-state index contributed by atoms with van der Waals surface area (Å²) in [5, 5.41) is 2.72. The summed E-state index contributed by atoms with van der Waals surface area (Å²) in [4.78, 5) is 27.2. The van der Waals surface area contributed by atoms with Crippen LogP contribution in [0.25, 0.3) is 0 Å². The van der Waals surface area contributed by atoms with Gasteiger partial charge in [0, 0.05) is 39.6 Å². The zero-order chi connectivity index (χ0) is 17.5. The summed E-state index contributed by atoms with van der Waals surface area (Å²) in [7, 11) is 3.03. The van der Waals surface area contributed by atoms with E-state index in [-0.39, 0.29) is 24.2 Å². The minimum atomic E-state index is -0.458. The summed E-state index contributed by atoms with van der Waals surface area (Å²) in [5.41, 5.74) is 0.666. The molecule has 1 heterocycles. The van der Waals surface area contributed by atoms with E-state index in [1.807, 2.05) is 4.90 Å². The Morgan fingerprint density at radius 3 is 2.67 bits per heavy atom. The summed E-state index contributed by atoms with van der Waals surface area (Å²) < 4.78 is 18.5. The third-order valence-corrected chi connectivity index (χ3v) is 4.06. The summed E-state index contributed by atoms with van der Waals surface area (Å²) in [6, 6.07) is 4.30. The first-order valence-electron chi connectivity index (χ1n) is 8.10. The summed E-state index contributed by atoms with van der Waals surface area (Å²) in [6.45, 7) is 2.20. The molecule has 0 aromatic heterocycles. The van der Waals surface area contributed by atoms with E-state index in [1.54, 1.807) is 13.1 Å². The molecule has 0 saturated carbocycles. The zero-order valence-corrected chi connectivity index (χ0v) is 14.2. The van der Waals surface area contributed by atoms with Crippen molar-refractivity contribution in [1.29, 1.82) is 0 Å². The predicted octanol–water partition coefficient (Wildman–Crippen LogP) is 1.99. The highest BCUT2D eigenvalue weighted by Gasteiger charge is 2.18. The molecule has 1 aromatic rings. The topological polar surface area (TPSA) is 61.9 Å². The molecule has 0 atom stereocenters. The van der Waals surface area contributed by atoms with Crippen LogP contribution in [0, 0.1) is 5.82 Å². The van der Waals surface area contributed by atoms with E-state index in [0.717, 1.165) is 25.9 Å². The Kier molecular flexibility index (Phi) is 6.40. The van der Waals surface area contributed by atoms with Gasteiger partial charge in [-0.25, -0.2) is 9.18 Å². The quantitative estimate of drug-likeness (QED) is 0.863. The molecule has 1 N–H and O–H groups in total. The Bertz CT molecular complexity index is 588. The van der Waals surface area contributed by atoms with Crippen molar-refractivity contribution in [3.8, 4) is 5.75 Å². The summed E-state index contributed by atoms with van der Waals surface area (Å²) in [6.07, 6.45) is 2.41. The SMILES string of the molecule is COc1ccc(CN(C)C(=O)NCCC(=O)N2CCCC2)cc1F. The molecule has 0 aliphatic carbocycles. The van der Waals surface area contributed by atoms with Crippen molar-refractivity contribution < 1.29 is 18.7 Å². The number of carbonyl (C=O) groups is 2. The van der Waals surface area contributed by atoms with Crippen LogP contribution in [0.5, 0.6) is 5.75 Å². The predicted molar refractivity (Wildman–Crippen MR) is 88.2 cm³/mol. The number of hydrogen-bond acceptors (Lipinski definition) is 3. The van der Waals surface area contributed by atoms with Crippen LogP contribution in [-0.2, 0) is 11.3 Å². The maximum atomic E-state index is 13.7. The van der Waals surface area contributed by atoms with Crippen LogP contribution in [-0.4, -0.2) is 55.5 Å². The standard InChI is InChI=1S/C17H24FN3O3/c1-20(12-13-5-6-15(24-2)14(18)11-13)17(23)19-8-7-16(22)21-9-3-4-10-21/h5-6,11H,3-4,7-10,12H2,1-2H3,(H,19,23). The fourth-order valence-electron chi connectivity index (χ4n) is 2.69. The second-order valence-corrected chi connectivity index (χ2v) is 5.89. The number of carbonyl (C=O) groups excluding carboxylic acids is 2. The van der Waals surface area contributed by atoms with Gasteiger partial charge in [-0.1, -0.05) is 6.07 Å². The Morgan fingerprint density at radius 2 is 2.04 bits per heavy atom. The lowest BCUT2D eigenvalue weighted by molar-refractivity contribution is -0.129. The second kappa shape index (κ2) is 8.52. The van der Waals surface area contributed by atoms with Gasteiger partial charge in [0.1, 0.15) is 0 Å². The smallest absolute Gasteiger partial charge is 0.317 e. The van der Waals surface area contributed by atoms with Gasteiger partial charge in [0.2, 0.25) is 5.91 Å². The van der Waals surface area contributed by atoms with Crippen molar-refractivity contribution in [1.82, 2.24) is 15.1 Å². The largest absolute Gasteiger partial charge is 0.494 e. The molecular formula is C17H24FN3O3. The van der Waals surface area contributed by atoms with Crippen molar-refractivity contribution in [2.75, 3.05) is 33.8 Å². The molecule has 0 unspecified atom stereocenters. The summed E-state index contributed by atoms with van der Waals surface area (Å²) in [5.74, 6) is -0.209. The first kappa shape index (κ1) is 18.0. The highest BCUT2D eigenvalue weighted by molar-refractivity contribution is 5.78.